The SMILES string of the molecule is C=C(C)c1cc([N+](=O)[O-])c(C)cc1F. The molecule has 4 heteroatoms. The second-order valence-corrected chi connectivity index (χ2v) is 3.16. The number of nitro groups is 1. The summed E-state index contributed by atoms with van der Waals surface area (Å²) in [7, 11) is 0. The molecular formula is C10H10FNO2. The molecule has 0 bridgehead atoms. The zero-order valence-corrected chi connectivity index (χ0v) is 8.00. The van der Waals surface area contributed by atoms with Crippen molar-refractivity contribution in [3.8, 4) is 0 Å². The summed E-state index contributed by atoms with van der Waals surface area (Å²) in [5, 5.41) is 10.6. The molecule has 0 aromatic heterocycles. The van der Waals surface area contributed by atoms with Gasteiger partial charge in [0.1, 0.15) is 5.82 Å². The van der Waals surface area contributed by atoms with Crippen LogP contribution in [0.15, 0.2) is 18.7 Å². The van der Waals surface area contributed by atoms with Gasteiger partial charge in [0.15, 0.2) is 0 Å². The van der Waals surface area contributed by atoms with Gasteiger partial charge >= 0.3 is 0 Å². The first-order valence-corrected chi connectivity index (χ1v) is 4.04. The van der Waals surface area contributed by atoms with Crippen molar-refractivity contribution in [2.24, 2.45) is 0 Å². The van der Waals surface area contributed by atoms with E-state index in [1.807, 2.05) is 0 Å². The highest BCUT2D eigenvalue weighted by atomic mass is 19.1. The Morgan fingerprint density at radius 3 is 2.57 bits per heavy atom. The Hall–Kier alpha value is -1.71. The Balaban J connectivity index is 3.42. The van der Waals surface area contributed by atoms with Crippen LogP contribution in [0.4, 0.5) is 10.1 Å². The molecule has 1 rings (SSSR count). The Morgan fingerprint density at radius 2 is 2.14 bits per heavy atom. The van der Waals surface area contributed by atoms with Crippen molar-refractivity contribution in [3.63, 3.8) is 0 Å². The summed E-state index contributed by atoms with van der Waals surface area (Å²) in [5.41, 5.74) is 0.912. The van der Waals surface area contributed by atoms with Crippen LogP contribution in [-0.4, -0.2) is 4.92 Å². The first-order chi connectivity index (χ1) is 6.43. The van der Waals surface area contributed by atoms with Crippen molar-refractivity contribution in [1.29, 1.82) is 0 Å². The molecule has 14 heavy (non-hydrogen) atoms. The summed E-state index contributed by atoms with van der Waals surface area (Å²) in [4.78, 5) is 10.0. The summed E-state index contributed by atoms with van der Waals surface area (Å²) in [6.45, 7) is 6.67. The molecule has 3 nitrogen and oxygen atoms in total. The molecule has 0 saturated carbocycles. The second kappa shape index (κ2) is 3.57. The predicted octanol–water partition coefficient (Wildman–Crippen LogP) is 3.08. The largest absolute Gasteiger partial charge is 0.273 e. The summed E-state index contributed by atoms with van der Waals surface area (Å²) >= 11 is 0. The van der Waals surface area contributed by atoms with Gasteiger partial charge in [0.2, 0.25) is 0 Å². The fraction of sp³-hybridized carbons (Fsp3) is 0.200. The van der Waals surface area contributed by atoms with Gasteiger partial charge in [-0.3, -0.25) is 10.1 Å². The zero-order valence-electron chi connectivity index (χ0n) is 8.00. The quantitative estimate of drug-likeness (QED) is 0.537. The maximum absolute atomic E-state index is 13.3. The number of benzene rings is 1. The van der Waals surface area contributed by atoms with Crippen molar-refractivity contribution in [2.75, 3.05) is 0 Å². The third kappa shape index (κ3) is 1.79. The van der Waals surface area contributed by atoms with Crippen molar-refractivity contribution >= 4 is 11.3 Å². The van der Waals surface area contributed by atoms with Gasteiger partial charge in [0, 0.05) is 17.2 Å². The van der Waals surface area contributed by atoms with Crippen LogP contribution in [0.3, 0.4) is 0 Å². The number of allylic oxidation sites excluding steroid dienone is 1. The number of nitrogens with zero attached hydrogens (tertiary/aromatic N) is 1. The molecule has 0 fully saturated rings. The maximum atomic E-state index is 13.3. The van der Waals surface area contributed by atoms with Gasteiger partial charge in [-0.15, -0.1) is 0 Å². The fourth-order valence-corrected chi connectivity index (χ4v) is 1.19. The highest BCUT2D eigenvalue weighted by Gasteiger charge is 2.15. The summed E-state index contributed by atoms with van der Waals surface area (Å²) < 4.78 is 13.3. The van der Waals surface area contributed by atoms with Crippen molar-refractivity contribution in [3.05, 3.63) is 45.8 Å². The Bertz CT molecular complexity index is 378. The molecule has 0 atom stereocenters. The molecule has 0 amide bonds. The summed E-state index contributed by atoms with van der Waals surface area (Å²) in [6.07, 6.45) is 0. The van der Waals surface area contributed by atoms with E-state index in [9.17, 15) is 14.5 Å². The maximum Gasteiger partial charge on any atom is 0.273 e. The van der Waals surface area contributed by atoms with E-state index in [2.05, 4.69) is 6.58 Å². The summed E-state index contributed by atoms with van der Waals surface area (Å²) in [6, 6.07) is 2.37. The van der Waals surface area contributed by atoms with Crippen molar-refractivity contribution < 1.29 is 9.31 Å². The van der Waals surface area contributed by atoms with Crippen LogP contribution in [0, 0.1) is 22.9 Å². The van der Waals surface area contributed by atoms with Gasteiger partial charge in [-0.1, -0.05) is 6.58 Å². The van der Waals surface area contributed by atoms with E-state index in [1.54, 1.807) is 6.92 Å². The minimum absolute atomic E-state index is 0.0793. The zero-order chi connectivity index (χ0) is 10.9. The van der Waals surface area contributed by atoms with Crippen LogP contribution in [0.25, 0.3) is 5.57 Å². The lowest BCUT2D eigenvalue weighted by Gasteiger charge is -2.03. The molecule has 1 aromatic carbocycles. The molecule has 0 heterocycles. The number of hydrogen-bond donors (Lipinski definition) is 0. The molecule has 0 radical (unpaired) electrons. The smallest absolute Gasteiger partial charge is 0.258 e. The van der Waals surface area contributed by atoms with Crippen molar-refractivity contribution in [2.45, 2.75) is 13.8 Å². The number of aryl methyl sites for hydroxylation is 1. The number of halogens is 1. The number of rotatable bonds is 2. The first kappa shape index (κ1) is 10.4. The van der Waals surface area contributed by atoms with Gasteiger partial charge in [0.25, 0.3) is 5.69 Å². The third-order valence-electron chi connectivity index (χ3n) is 1.94. The number of hydrogen-bond acceptors (Lipinski definition) is 2. The lowest BCUT2D eigenvalue weighted by Crippen LogP contribution is -1.96. The van der Waals surface area contributed by atoms with Crippen LogP contribution >= 0.6 is 0 Å². The third-order valence-corrected chi connectivity index (χ3v) is 1.94. The Labute approximate surface area is 81.0 Å². The monoisotopic (exact) mass is 195 g/mol. The molecule has 0 N–H and O–H groups in total. The number of nitro benzene ring substituents is 1. The van der Waals surface area contributed by atoms with Gasteiger partial charge in [-0.25, -0.2) is 4.39 Å². The van der Waals surface area contributed by atoms with Crippen molar-refractivity contribution in [1.82, 2.24) is 0 Å². The van der Waals surface area contributed by atoms with E-state index in [0.29, 0.717) is 11.1 Å². The van der Waals surface area contributed by atoms with Crippen LogP contribution < -0.4 is 0 Å². The fourth-order valence-electron chi connectivity index (χ4n) is 1.19. The molecule has 0 spiro atoms. The van der Waals surface area contributed by atoms with Crippen LogP contribution in [0.5, 0.6) is 0 Å². The van der Waals surface area contributed by atoms with Crippen LogP contribution in [0.1, 0.15) is 18.1 Å². The minimum Gasteiger partial charge on any atom is -0.258 e. The molecule has 0 aliphatic heterocycles. The minimum atomic E-state index is -0.527. The topological polar surface area (TPSA) is 43.1 Å². The van der Waals surface area contributed by atoms with Gasteiger partial charge in [0.05, 0.1) is 4.92 Å². The normalized spacial score (nSPS) is 9.93. The summed E-state index contributed by atoms with van der Waals surface area (Å²) in [5.74, 6) is -0.472. The molecule has 0 aliphatic carbocycles. The molecule has 0 saturated heterocycles. The van der Waals surface area contributed by atoms with E-state index in [4.69, 9.17) is 0 Å². The van der Waals surface area contributed by atoms with Gasteiger partial charge in [-0.2, -0.15) is 0 Å². The molecule has 74 valence electrons. The lowest BCUT2D eigenvalue weighted by molar-refractivity contribution is -0.385. The van der Waals surface area contributed by atoms with Crippen LogP contribution in [-0.2, 0) is 0 Å². The Morgan fingerprint density at radius 1 is 1.57 bits per heavy atom. The first-order valence-electron chi connectivity index (χ1n) is 4.04. The van der Waals surface area contributed by atoms with E-state index in [1.165, 1.54) is 13.0 Å². The van der Waals surface area contributed by atoms with E-state index >= 15 is 0 Å². The molecule has 0 aliphatic rings. The molecule has 0 unspecified atom stereocenters. The average molecular weight is 195 g/mol. The molecular weight excluding hydrogens is 185 g/mol. The highest BCUT2D eigenvalue weighted by Crippen LogP contribution is 2.25. The van der Waals surface area contributed by atoms with E-state index < -0.39 is 10.7 Å². The van der Waals surface area contributed by atoms with E-state index in [0.717, 1.165) is 6.07 Å². The average Bonchev–Trinajstić information content (AvgIpc) is 2.02. The Kier molecular flexibility index (Phi) is 2.65. The van der Waals surface area contributed by atoms with Gasteiger partial charge < -0.3 is 0 Å². The predicted molar refractivity (Wildman–Crippen MR) is 52.5 cm³/mol. The van der Waals surface area contributed by atoms with E-state index in [-0.39, 0.29) is 11.3 Å². The highest BCUT2D eigenvalue weighted by molar-refractivity contribution is 5.65. The van der Waals surface area contributed by atoms with Crippen LogP contribution in [0.2, 0.25) is 0 Å². The van der Waals surface area contributed by atoms with Gasteiger partial charge in [-0.05, 0) is 25.5 Å². The lowest BCUT2D eigenvalue weighted by atomic mass is 10.0. The standard InChI is InChI=1S/C10H10FNO2/c1-6(2)8-5-10(12(13)14)7(3)4-9(8)11/h4-5H,1H2,2-3H3. The second-order valence-electron chi connectivity index (χ2n) is 3.16. The molecule has 1 aromatic rings.